The van der Waals surface area contributed by atoms with E-state index in [4.69, 9.17) is 23.2 Å². The third kappa shape index (κ3) is 3.99. The Labute approximate surface area is 130 Å². The quantitative estimate of drug-likeness (QED) is 0.838. The number of benzene rings is 2. The summed E-state index contributed by atoms with van der Waals surface area (Å²) in [5, 5.41) is 11.3. The van der Waals surface area contributed by atoms with E-state index in [-0.39, 0.29) is 0 Å². The summed E-state index contributed by atoms with van der Waals surface area (Å²) in [7, 11) is 0. The van der Waals surface area contributed by atoms with E-state index in [0.717, 1.165) is 12.0 Å². The molecule has 0 aromatic heterocycles. The average molecular weight is 309 g/mol. The molecule has 106 valence electrons. The van der Waals surface area contributed by atoms with Gasteiger partial charge in [-0.1, -0.05) is 59.6 Å². The van der Waals surface area contributed by atoms with Gasteiger partial charge in [0.1, 0.15) is 0 Å². The molecule has 0 aliphatic carbocycles. The molecule has 0 fully saturated rings. The third-order valence-corrected chi connectivity index (χ3v) is 4.35. The highest BCUT2D eigenvalue weighted by Gasteiger charge is 2.11. The van der Waals surface area contributed by atoms with E-state index in [9.17, 15) is 5.11 Å². The Kier molecular flexibility index (Phi) is 5.47. The molecule has 0 saturated heterocycles. The van der Waals surface area contributed by atoms with Gasteiger partial charge in [-0.15, -0.1) is 0 Å². The molecule has 0 radical (unpaired) electrons. The highest BCUT2D eigenvalue weighted by Crippen LogP contribution is 2.27. The van der Waals surface area contributed by atoms with E-state index in [1.165, 1.54) is 11.1 Å². The molecule has 1 unspecified atom stereocenters. The molecular formula is C17H18Cl2O. The summed E-state index contributed by atoms with van der Waals surface area (Å²) in [5.74, 6) is 0. The topological polar surface area (TPSA) is 20.2 Å². The molecule has 2 rings (SSSR count). The Morgan fingerprint density at radius 3 is 2.45 bits per heavy atom. The summed E-state index contributed by atoms with van der Waals surface area (Å²) in [4.78, 5) is 0. The van der Waals surface area contributed by atoms with E-state index in [0.29, 0.717) is 22.9 Å². The lowest BCUT2D eigenvalue weighted by Gasteiger charge is -2.13. The fraction of sp³-hybridized carbons (Fsp3) is 0.294. The predicted octanol–water partition coefficient (Wildman–Crippen LogP) is 4.84. The van der Waals surface area contributed by atoms with E-state index >= 15 is 0 Å². The van der Waals surface area contributed by atoms with Crippen LogP contribution in [0.25, 0.3) is 0 Å². The van der Waals surface area contributed by atoms with Crippen molar-refractivity contribution in [3.8, 4) is 0 Å². The van der Waals surface area contributed by atoms with Crippen LogP contribution in [0.5, 0.6) is 0 Å². The van der Waals surface area contributed by atoms with Crippen molar-refractivity contribution in [1.29, 1.82) is 0 Å². The zero-order valence-electron chi connectivity index (χ0n) is 11.4. The van der Waals surface area contributed by atoms with Gasteiger partial charge in [-0.25, -0.2) is 0 Å². The summed E-state index contributed by atoms with van der Waals surface area (Å²) in [6, 6.07) is 13.8. The lowest BCUT2D eigenvalue weighted by molar-refractivity contribution is 0.165. The second-order valence-corrected chi connectivity index (χ2v) is 5.82. The average Bonchev–Trinajstić information content (AvgIpc) is 2.43. The van der Waals surface area contributed by atoms with Gasteiger partial charge in [0, 0.05) is 0 Å². The summed E-state index contributed by atoms with van der Waals surface area (Å²) >= 11 is 12.1. The maximum Gasteiger partial charge on any atom is 0.0625 e. The normalized spacial score (nSPS) is 12.4. The number of aryl methyl sites for hydroxylation is 2. The number of halogens is 2. The number of aliphatic hydroxyl groups excluding tert-OH is 1. The van der Waals surface area contributed by atoms with Gasteiger partial charge in [0.2, 0.25) is 0 Å². The van der Waals surface area contributed by atoms with Crippen LogP contribution in [-0.4, -0.2) is 11.2 Å². The van der Waals surface area contributed by atoms with Crippen molar-refractivity contribution in [1.82, 2.24) is 0 Å². The highest BCUT2D eigenvalue weighted by atomic mass is 35.5. The highest BCUT2D eigenvalue weighted by molar-refractivity contribution is 6.42. The SMILES string of the molecule is Cc1ccccc1CCC(O)Cc1cccc(Cl)c1Cl. The van der Waals surface area contributed by atoms with Crippen molar-refractivity contribution in [3.63, 3.8) is 0 Å². The standard InChI is InChI=1S/C17H18Cl2O/c1-12-5-2-3-6-13(12)9-10-15(20)11-14-7-4-8-16(18)17(14)19/h2-8,15,20H,9-11H2,1H3. The first kappa shape index (κ1) is 15.4. The fourth-order valence-corrected chi connectivity index (χ4v) is 2.67. The van der Waals surface area contributed by atoms with Crippen LogP contribution in [0.3, 0.4) is 0 Å². The molecule has 0 heterocycles. The van der Waals surface area contributed by atoms with Crippen LogP contribution < -0.4 is 0 Å². The van der Waals surface area contributed by atoms with E-state index in [1.54, 1.807) is 6.07 Å². The molecule has 0 aliphatic rings. The summed E-state index contributed by atoms with van der Waals surface area (Å²) < 4.78 is 0. The molecule has 20 heavy (non-hydrogen) atoms. The van der Waals surface area contributed by atoms with Crippen molar-refractivity contribution < 1.29 is 5.11 Å². The Balaban J connectivity index is 1.94. The maximum absolute atomic E-state index is 10.2. The third-order valence-electron chi connectivity index (χ3n) is 3.50. The molecule has 0 spiro atoms. The number of rotatable bonds is 5. The molecular weight excluding hydrogens is 291 g/mol. The molecule has 0 amide bonds. The molecule has 2 aromatic carbocycles. The summed E-state index contributed by atoms with van der Waals surface area (Å²) in [6.45, 7) is 2.09. The van der Waals surface area contributed by atoms with Crippen molar-refractivity contribution in [2.75, 3.05) is 0 Å². The molecule has 0 aliphatic heterocycles. The fourth-order valence-electron chi connectivity index (χ4n) is 2.27. The van der Waals surface area contributed by atoms with Gasteiger partial charge in [-0.05, 0) is 48.9 Å². The van der Waals surface area contributed by atoms with Crippen LogP contribution in [0.15, 0.2) is 42.5 Å². The van der Waals surface area contributed by atoms with Gasteiger partial charge in [-0.2, -0.15) is 0 Å². The van der Waals surface area contributed by atoms with Gasteiger partial charge in [0.05, 0.1) is 16.1 Å². The first-order valence-electron chi connectivity index (χ1n) is 6.73. The minimum Gasteiger partial charge on any atom is -0.393 e. The molecule has 1 atom stereocenters. The van der Waals surface area contributed by atoms with E-state index < -0.39 is 6.10 Å². The number of aliphatic hydroxyl groups is 1. The van der Waals surface area contributed by atoms with Crippen molar-refractivity contribution in [3.05, 3.63) is 69.2 Å². The largest absolute Gasteiger partial charge is 0.393 e. The van der Waals surface area contributed by atoms with Crippen LogP contribution in [0.2, 0.25) is 10.0 Å². The lowest BCUT2D eigenvalue weighted by Crippen LogP contribution is -2.12. The molecule has 1 nitrogen and oxygen atoms in total. The van der Waals surface area contributed by atoms with Gasteiger partial charge < -0.3 is 5.11 Å². The maximum atomic E-state index is 10.2. The Bertz CT molecular complexity index is 581. The lowest BCUT2D eigenvalue weighted by atomic mass is 9.99. The van der Waals surface area contributed by atoms with Crippen LogP contribution in [0.4, 0.5) is 0 Å². The molecule has 2 aromatic rings. The van der Waals surface area contributed by atoms with Gasteiger partial charge in [0.15, 0.2) is 0 Å². The molecule has 1 N–H and O–H groups in total. The zero-order chi connectivity index (χ0) is 14.5. The molecule has 3 heteroatoms. The van der Waals surface area contributed by atoms with Gasteiger partial charge in [-0.3, -0.25) is 0 Å². The summed E-state index contributed by atoms with van der Waals surface area (Å²) in [5.41, 5.74) is 3.45. The van der Waals surface area contributed by atoms with Crippen molar-refractivity contribution >= 4 is 23.2 Å². The zero-order valence-corrected chi connectivity index (χ0v) is 13.0. The van der Waals surface area contributed by atoms with E-state index in [1.807, 2.05) is 24.3 Å². The Morgan fingerprint density at radius 2 is 1.70 bits per heavy atom. The van der Waals surface area contributed by atoms with Crippen LogP contribution in [-0.2, 0) is 12.8 Å². The van der Waals surface area contributed by atoms with Crippen LogP contribution in [0.1, 0.15) is 23.1 Å². The van der Waals surface area contributed by atoms with Crippen molar-refractivity contribution in [2.24, 2.45) is 0 Å². The smallest absolute Gasteiger partial charge is 0.0625 e. The molecule has 0 saturated carbocycles. The first-order chi connectivity index (χ1) is 9.58. The second-order valence-electron chi connectivity index (χ2n) is 5.04. The molecule has 0 bridgehead atoms. The first-order valence-corrected chi connectivity index (χ1v) is 7.49. The monoisotopic (exact) mass is 308 g/mol. The predicted molar refractivity (Wildman–Crippen MR) is 85.7 cm³/mol. The van der Waals surface area contributed by atoms with Crippen LogP contribution >= 0.6 is 23.2 Å². The Morgan fingerprint density at radius 1 is 1.00 bits per heavy atom. The number of hydrogen-bond donors (Lipinski definition) is 1. The van der Waals surface area contributed by atoms with Gasteiger partial charge in [0.25, 0.3) is 0 Å². The minimum atomic E-state index is -0.412. The Hall–Kier alpha value is -1.02. The van der Waals surface area contributed by atoms with Crippen LogP contribution in [0, 0.1) is 6.92 Å². The van der Waals surface area contributed by atoms with E-state index in [2.05, 4.69) is 19.1 Å². The van der Waals surface area contributed by atoms with Gasteiger partial charge >= 0.3 is 0 Å². The summed E-state index contributed by atoms with van der Waals surface area (Å²) in [6.07, 6.45) is 1.70. The number of hydrogen-bond acceptors (Lipinski definition) is 1. The minimum absolute atomic E-state index is 0.412. The second kappa shape index (κ2) is 7.12. The van der Waals surface area contributed by atoms with Crippen molar-refractivity contribution in [2.45, 2.75) is 32.3 Å².